The average molecular weight is 661 g/mol. The van der Waals surface area contributed by atoms with Gasteiger partial charge in [-0.15, -0.1) is 0 Å². The van der Waals surface area contributed by atoms with Gasteiger partial charge in [0.05, 0.1) is 31.4 Å². The molecule has 3 unspecified atom stereocenters. The minimum atomic E-state index is -6.34. The van der Waals surface area contributed by atoms with Crippen molar-refractivity contribution in [2.45, 2.75) is 62.3 Å². The lowest BCUT2D eigenvalue weighted by molar-refractivity contribution is -0.268. The Morgan fingerprint density at radius 2 is 1.60 bits per heavy atom. The maximum absolute atomic E-state index is 14.3. The summed E-state index contributed by atoms with van der Waals surface area (Å²) in [5.74, 6) is -17.5. The monoisotopic (exact) mass is 660 g/mol. The van der Waals surface area contributed by atoms with Crippen LogP contribution in [0.2, 0.25) is 0 Å². The first-order valence-corrected chi connectivity index (χ1v) is 13.4. The van der Waals surface area contributed by atoms with Gasteiger partial charge < -0.3 is 15.0 Å². The van der Waals surface area contributed by atoms with Crippen LogP contribution in [0.5, 0.6) is 0 Å². The number of benzene rings is 1. The molecule has 0 aromatic heterocycles. The molecule has 0 radical (unpaired) electrons. The number of nitrogens with zero attached hydrogens (tertiary/aromatic N) is 3. The molecule has 3 rings (SSSR count). The van der Waals surface area contributed by atoms with Gasteiger partial charge in [0.1, 0.15) is 6.04 Å². The second-order valence-corrected chi connectivity index (χ2v) is 10.6. The third-order valence-electron chi connectivity index (χ3n) is 7.29. The van der Waals surface area contributed by atoms with Crippen molar-refractivity contribution in [2.24, 2.45) is 16.8 Å². The van der Waals surface area contributed by atoms with Crippen molar-refractivity contribution in [2.75, 3.05) is 26.3 Å². The molecule has 1 aliphatic carbocycles. The molecular formula is C27H26F10N4O4. The van der Waals surface area contributed by atoms with Gasteiger partial charge in [0.2, 0.25) is 11.8 Å². The molecule has 248 valence electrons. The van der Waals surface area contributed by atoms with E-state index in [1.807, 2.05) is 0 Å². The molecule has 2 aliphatic rings. The molecule has 1 aliphatic heterocycles. The lowest BCUT2D eigenvalue weighted by Gasteiger charge is -2.36. The van der Waals surface area contributed by atoms with Gasteiger partial charge in [-0.1, -0.05) is 12.1 Å². The summed E-state index contributed by atoms with van der Waals surface area (Å²) in [4.78, 5) is 42.1. The molecule has 8 nitrogen and oxygen atoms in total. The summed E-state index contributed by atoms with van der Waals surface area (Å²) in [5.41, 5.74) is -0.966. The van der Waals surface area contributed by atoms with Crippen molar-refractivity contribution >= 4 is 23.4 Å². The number of morpholine rings is 1. The van der Waals surface area contributed by atoms with Crippen LogP contribution >= 0.6 is 0 Å². The number of hydrogen-bond acceptors (Lipinski definition) is 5. The van der Waals surface area contributed by atoms with Gasteiger partial charge in [0.25, 0.3) is 5.91 Å². The molecule has 1 aromatic carbocycles. The highest BCUT2D eigenvalue weighted by Gasteiger charge is 2.63. The Bertz CT molecular complexity index is 1320. The van der Waals surface area contributed by atoms with E-state index in [0.717, 1.165) is 12.1 Å². The summed E-state index contributed by atoms with van der Waals surface area (Å²) in [6.07, 6.45) is -16.6. The van der Waals surface area contributed by atoms with E-state index in [4.69, 9.17) is 10.00 Å². The van der Waals surface area contributed by atoms with Crippen LogP contribution in [-0.2, 0) is 14.3 Å². The largest absolute Gasteiger partial charge is 0.463 e. The Hall–Kier alpha value is -3.75. The second kappa shape index (κ2) is 13.7. The Kier molecular flexibility index (Phi) is 10.9. The number of alkyl halides is 10. The first-order chi connectivity index (χ1) is 20.7. The number of carbonyl (C=O) groups excluding carboxylic acids is 3. The van der Waals surface area contributed by atoms with E-state index in [1.165, 1.54) is 23.1 Å². The summed E-state index contributed by atoms with van der Waals surface area (Å²) in [6, 6.07) is 3.52. The molecule has 0 bridgehead atoms. The van der Waals surface area contributed by atoms with Gasteiger partial charge in [-0.3, -0.25) is 14.4 Å². The fourth-order valence-electron chi connectivity index (χ4n) is 4.92. The highest BCUT2D eigenvalue weighted by atomic mass is 19.4. The Labute approximate surface area is 249 Å². The molecule has 1 saturated carbocycles. The maximum atomic E-state index is 14.3. The molecule has 1 heterocycles. The van der Waals surface area contributed by atoms with E-state index >= 15 is 0 Å². The molecule has 3 amide bonds. The van der Waals surface area contributed by atoms with E-state index in [1.54, 1.807) is 5.32 Å². The molecule has 1 aromatic rings. The first kappa shape index (κ1) is 35.7. The van der Waals surface area contributed by atoms with Gasteiger partial charge in [0, 0.05) is 37.4 Å². The normalized spacial score (nSPS) is 21.9. The third kappa shape index (κ3) is 9.38. The first-order valence-electron chi connectivity index (χ1n) is 13.4. The van der Waals surface area contributed by atoms with Crippen LogP contribution in [0.3, 0.4) is 0 Å². The zero-order chi connectivity index (χ0) is 33.8. The van der Waals surface area contributed by atoms with Crippen molar-refractivity contribution < 1.29 is 63.0 Å². The van der Waals surface area contributed by atoms with Crippen LogP contribution in [-0.4, -0.2) is 84.9 Å². The number of halogens is 10. The van der Waals surface area contributed by atoms with Crippen LogP contribution in [0.15, 0.2) is 29.3 Å². The number of rotatable bonds is 8. The van der Waals surface area contributed by atoms with Crippen molar-refractivity contribution in [3.05, 3.63) is 35.4 Å². The maximum Gasteiger partial charge on any atom is 0.463 e. The van der Waals surface area contributed by atoms with Crippen LogP contribution < -0.4 is 5.32 Å². The van der Waals surface area contributed by atoms with Gasteiger partial charge in [0.15, 0.2) is 0 Å². The Balaban J connectivity index is 1.97. The van der Waals surface area contributed by atoms with Crippen molar-refractivity contribution in [3.63, 3.8) is 0 Å². The van der Waals surface area contributed by atoms with Crippen molar-refractivity contribution in [1.29, 1.82) is 5.26 Å². The van der Waals surface area contributed by atoms with Crippen molar-refractivity contribution in [3.8, 4) is 6.07 Å². The third-order valence-corrected chi connectivity index (χ3v) is 7.29. The highest BCUT2D eigenvalue weighted by molar-refractivity contribution is 6.08. The summed E-state index contributed by atoms with van der Waals surface area (Å²) < 4.78 is 139. The molecule has 18 heteroatoms. The summed E-state index contributed by atoms with van der Waals surface area (Å²) in [7, 11) is 0. The van der Waals surface area contributed by atoms with Crippen LogP contribution in [0.1, 0.15) is 48.0 Å². The van der Waals surface area contributed by atoms with E-state index in [9.17, 15) is 58.3 Å². The predicted molar refractivity (Wildman–Crippen MR) is 134 cm³/mol. The van der Waals surface area contributed by atoms with Gasteiger partial charge in [-0.25, -0.2) is 13.8 Å². The number of hydrogen-bond donors (Lipinski definition) is 1. The number of nitriles is 1. The van der Waals surface area contributed by atoms with Gasteiger partial charge in [-0.2, -0.15) is 40.4 Å². The average Bonchev–Trinajstić information content (AvgIpc) is 2.95. The topological polar surface area (TPSA) is 112 Å². The standard InChI is InChI=1S/C27H26F10N4O4/c28-24(29)6-5-17(19(13-24)21(42)39-18(14-38)12-25(30,31)32)11-20(40-23(44)26(33,34)27(35,36)37)15-1-3-16(4-2-15)22(43)41-7-9-45-10-8-41/h1-4,17-19H,5-13H2,(H,39,42). The number of amides is 3. The smallest absolute Gasteiger partial charge is 0.378 e. The molecule has 1 N–H and O–H groups in total. The minimum absolute atomic E-state index is 0.0636. The van der Waals surface area contributed by atoms with Gasteiger partial charge >= 0.3 is 24.2 Å². The minimum Gasteiger partial charge on any atom is -0.378 e. The van der Waals surface area contributed by atoms with Crippen LogP contribution in [0, 0.1) is 23.2 Å². The van der Waals surface area contributed by atoms with E-state index < -0.39 is 97.6 Å². The lowest BCUT2D eigenvalue weighted by Crippen LogP contribution is -2.47. The molecule has 1 saturated heterocycles. The molecule has 2 fully saturated rings. The number of nitrogens with one attached hydrogen (secondary N) is 1. The Morgan fingerprint density at radius 1 is 1.02 bits per heavy atom. The highest BCUT2D eigenvalue weighted by Crippen LogP contribution is 2.43. The van der Waals surface area contributed by atoms with Crippen LogP contribution in [0.4, 0.5) is 43.9 Å². The van der Waals surface area contributed by atoms with Crippen molar-refractivity contribution in [1.82, 2.24) is 10.2 Å². The quantitative estimate of drug-likeness (QED) is 0.309. The van der Waals surface area contributed by atoms with E-state index in [0.29, 0.717) is 0 Å². The summed E-state index contributed by atoms with van der Waals surface area (Å²) in [6.45, 7) is 1.02. The molecule has 45 heavy (non-hydrogen) atoms. The van der Waals surface area contributed by atoms with Crippen LogP contribution in [0.25, 0.3) is 0 Å². The Morgan fingerprint density at radius 3 is 2.13 bits per heavy atom. The zero-order valence-corrected chi connectivity index (χ0v) is 23.2. The molecule has 3 atom stereocenters. The summed E-state index contributed by atoms with van der Waals surface area (Å²) in [5, 5.41) is 10.7. The number of carbonyl (C=O) groups is 3. The van der Waals surface area contributed by atoms with E-state index in [2.05, 4.69) is 4.99 Å². The predicted octanol–water partition coefficient (Wildman–Crippen LogP) is 5.07. The SMILES string of the molecule is N#CC(CC(F)(F)F)NC(=O)C1CC(F)(F)CCC1CC(=NC(=O)C(F)(F)C(F)(F)F)c1ccc(C(=O)N2CCOCC2)cc1. The fraction of sp³-hybridized carbons (Fsp3) is 0.593. The zero-order valence-electron chi connectivity index (χ0n) is 23.2. The summed E-state index contributed by atoms with van der Waals surface area (Å²) >= 11 is 0. The van der Waals surface area contributed by atoms with Gasteiger partial charge in [-0.05, 0) is 36.5 Å². The van der Waals surface area contributed by atoms with E-state index in [-0.39, 0.29) is 37.4 Å². The fourth-order valence-corrected chi connectivity index (χ4v) is 4.92. The molecular weight excluding hydrogens is 634 g/mol. The lowest BCUT2D eigenvalue weighted by atomic mass is 9.73. The number of ether oxygens (including phenoxy) is 1. The second-order valence-electron chi connectivity index (χ2n) is 10.6. The molecule has 0 spiro atoms. The number of aliphatic imine (C=N–C) groups is 1.